The topological polar surface area (TPSA) is 44.2 Å². The highest BCUT2D eigenvalue weighted by molar-refractivity contribution is 9.10. The Labute approximate surface area is 79.1 Å². The van der Waals surface area contributed by atoms with Crippen molar-refractivity contribution in [1.82, 2.24) is 9.97 Å². The maximum atomic E-state index is 5.01. The van der Waals surface area contributed by atoms with E-state index in [1.165, 1.54) is 0 Å². The van der Waals surface area contributed by atoms with Gasteiger partial charge in [0.15, 0.2) is 0 Å². The second-order valence-electron chi connectivity index (χ2n) is 2.14. The average Bonchev–Trinajstić information content (AvgIpc) is 2.08. The average molecular weight is 233 g/mol. The lowest BCUT2D eigenvalue weighted by atomic mass is 10.3. The van der Waals surface area contributed by atoms with Crippen molar-refractivity contribution in [3.8, 4) is 11.8 Å². The molecule has 0 atom stereocenters. The summed E-state index contributed by atoms with van der Waals surface area (Å²) in [7, 11) is 3.11. The number of hydrogen-bond donors (Lipinski definition) is 0. The summed E-state index contributed by atoms with van der Waals surface area (Å²) in [5.74, 6) is 1.04. The summed E-state index contributed by atoms with van der Waals surface area (Å²) >= 11 is 3.15. The van der Waals surface area contributed by atoms with E-state index in [1.54, 1.807) is 14.2 Å². The van der Waals surface area contributed by atoms with E-state index >= 15 is 0 Å². The van der Waals surface area contributed by atoms with Gasteiger partial charge in [0.1, 0.15) is 0 Å². The number of halogens is 1. The lowest BCUT2D eigenvalue weighted by molar-refractivity contribution is 0.364. The molecule has 1 aromatic heterocycles. The van der Waals surface area contributed by atoms with Gasteiger partial charge in [-0.2, -0.15) is 9.97 Å². The van der Waals surface area contributed by atoms with Crippen LogP contribution in [0.4, 0.5) is 0 Å². The summed E-state index contributed by atoms with van der Waals surface area (Å²) < 4.78 is 10.5. The van der Waals surface area contributed by atoms with Crippen molar-refractivity contribution < 1.29 is 9.47 Å². The molecule has 1 rings (SSSR count). The van der Waals surface area contributed by atoms with E-state index in [4.69, 9.17) is 9.47 Å². The van der Waals surface area contributed by atoms with Crippen molar-refractivity contribution in [3.05, 3.63) is 10.3 Å². The first-order valence-corrected chi connectivity index (χ1v) is 4.10. The molecule has 0 saturated carbocycles. The fourth-order valence-corrected chi connectivity index (χ4v) is 1.17. The molecular weight excluding hydrogens is 224 g/mol. The Morgan fingerprint density at radius 1 is 1.08 bits per heavy atom. The molecule has 0 aliphatic carbocycles. The molecule has 0 saturated heterocycles. The molecule has 0 spiro atoms. The Bertz CT molecular complexity index is 266. The zero-order chi connectivity index (χ0) is 9.14. The number of methoxy groups -OCH3 is 2. The molecule has 0 amide bonds. The van der Waals surface area contributed by atoms with Crippen LogP contribution in [-0.4, -0.2) is 24.2 Å². The molecular formula is C7H9BrN2O2. The first kappa shape index (κ1) is 9.25. The Balaban J connectivity index is 3.22. The third-order valence-electron chi connectivity index (χ3n) is 1.42. The van der Waals surface area contributed by atoms with E-state index in [9.17, 15) is 0 Å². The van der Waals surface area contributed by atoms with E-state index in [-0.39, 0.29) is 0 Å². The van der Waals surface area contributed by atoms with Crippen LogP contribution in [0.25, 0.3) is 0 Å². The van der Waals surface area contributed by atoms with Crippen LogP contribution >= 0.6 is 15.9 Å². The summed E-state index contributed by atoms with van der Waals surface area (Å²) in [5.41, 5.74) is 0.795. The van der Waals surface area contributed by atoms with Crippen molar-refractivity contribution in [2.24, 2.45) is 0 Å². The molecule has 4 nitrogen and oxygen atoms in total. The first-order valence-electron chi connectivity index (χ1n) is 3.31. The summed E-state index contributed by atoms with van der Waals surface area (Å²) in [6.07, 6.45) is 0. The zero-order valence-electron chi connectivity index (χ0n) is 7.09. The van der Waals surface area contributed by atoms with Crippen LogP contribution in [0.3, 0.4) is 0 Å². The molecule has 0 radical (unpaired) electrons. The smallest absolute Gasteiger partial charge is 0.223 e. The van der Waals surface area contributed by atoms with E-state index in [2.05, 4.69) is 25.9 Å². The number of rotatable bonds is 2. The minimum absolute atomic E-state index is 0.460. The van der Waals surface area contributed by atoms with Gasteiger partial charge < -0.3 is 9.47 Å². The predicted molar refractivity (Wildman–Crippen MR) is 47.6 cm³/mol. The quantitative estimate of drug-likeness (QED) is 0.727. The van der Waals surface area contributed by atoms with E-state index in [1.807, 2.05) is 6.92 Å². The van der Waals surface area contributed by atoms with Crippen molar-refractivity contribution in [2.45, 2.75) is 6.92 Å². The highest BCUT2D eigenvalue weighted by atomic mass is 79.9. The zero-order valence-corrected chi connectivity index (χ0v) is 8.67. The highest BCUT2D eigenvalue weighted by Crippen LogP contribution is 2.24. The van der Waals surface area contributed by atoms with Gasteiger partial charge in [0.2, 0.25) is 16.5 Å². The molecule has 0 unspecified atom stereocenters. The largest absolute Gasteiger partial charge is 0.481 e. The van der Waals surface area contributed by atoms with Gasteiger partial charge in [-0.25, -0.2) is 0 Å². The fourth-order valence-electron chi connectivity index (χ4n) is 0.849. The van der Waals surface area contributed by atoms with Crippen molar-refractivity contribution in [2.75, 3.05) is 14.2 Å². The summed E-state index contributed by atoms with van der Waals surface area (Å²) in [6, 6.07) is 0. The van der Waals surface area contributed by atoms with Crippen molar-refractivity contribution >= 4 is 15.9 Å². The fraction of sp³-hybridized carbons (Fsp3) is 0.429. The van der Waals surface area contributed by atoms with Crippen molar-refractivity contribution in [3.63, 3.8) is 0 Å². The van der Waals surface area contributed by atoms with Crippen LogP contribution in [0.5, 0.6) is 11.8 Å². The van der Waals surface area contributed by atoms with Gasteiger partial charge in [-0.15, -0.1) is 0 Å². The maximum Gasteiger partial charge on any atom is 0.223 e. The first-order chi connectivity index (χ1) is 5.69. The minimum atomic E-state index is 0.460. The number of nitrogens with zero attached hydrogens (tertiary/aromatic N) is 2. The van der Waals surface area contributed by atoms with Gasteiger partial charge in [0.25, 0.3) is 0 Å². The van der Waals surface area contributed by atoms with E-state index in [0.717, 1.165) is 5.56 Å². The number of aromatic nitrogens is 2. The van der Waals surface area contributed by atoms with Gasteiger partial charge in [-0.05, 0) is 22.9 Å². The summed E-state index contributed by atoms with van der Waals surface area (Å²) in [5, 5.41) is 0. The van der Waals surface area contributed by atoms with Gasteiger partial charge >= 0.3 is 0 Å². The molecule has 0 N–H and O–H groups in total. The Morgan fingerprint density at radius 3 is 1.83 bits per heavy atom. The van der Waals surface area contributed by atoms with Gasteiger partial charge in [0, 0.05) is 0 Å². The van der Waals surface area contributed by atoms with Gasteiger partial charge in [-0.1, -0.05) is 0 Å². The Morgan fingerprint density at radius 2 is 1.50 bits per heavy atom. The lowest BCUT2D eigenvalue weighted by Gasteiger charge is -2.07. The molecule has 0 aromatic carbocycles. The van der Waals surface area contributed by atoms with Crippen LogP contribution in [0.15, 0.2) is 4.73 Å². The molecule has 5 heteroatoms. The molecule has 12 heavy (non-hydrogen) atoms. The molecule has 0 bridgehead atoms. The molecule has 0 fully saturated rings. The Kier molecular flexibility index (Phi) is 2.86. The molecule has 0 aliphatic rings. The van der Waals surface area contributed by atoms with Crippen LogP contribution < -0.4 is 9.47 Å². The third-order valence-corrected chi connectivity index (χ3v) is 1.77. The SMILES string of the molecule is COc1nc(Br)nc(OC)c1C. The van der Waals surface area contributed by atoms with Crippen LogP contribution in [0, 0.1) is 6.92 Å². The second-order valence-corrected chi connectivity index (χ2v) is 2.85. The Hall–Kier alpha value is -0.840. The summed E-state index contributed by atoms with van der Waals surface area (Å²) in [4.78, 5) is 8.01. The molecule has 1 aromatic rings. The molecule has 66 valence electrons. The van der Waals surface area contributed by atoms with E-state index < -0.39 is 0 Å². The third kappa shape index (κ3) is 1.66. The minimum Gasteiger partial charge on any atom is -0.481 e. The summed E-state index contributed by atoms with van der Waals surface area (Å²) in [6.45, 7) is 1.84. The van der Waals surface area contributed by atoms with Crippen LogP contribution in [0.1, 0.15) is 5.56 Å². The molecule has 1 heterocycles. The highest BCUT2D eigenvalue weighted by Gasteiger charge is 2.09. The van der Waals surface area contributed by atoms with Gasteiger partial charge in [-0.3, -0.25) is 0 Å². The van der Waals surface area contributed by atoms with Crippen LogP contribution in [0.2, 0.25) is 0 Å². The standard InChI is InChI=1S/C7H9BrN2O2/c1-4-5(11-2)9-7(8)10-6(4)12-3/h1-3H3. The number of hydrogen-bond acceptors (Lipinski definition) is 4. The predicted octanol–water partition coefficient (Wildman–Crippen LogP) is 1.56. The number of ether oxygens (including phenoxy) is 2. The monoisotopic (exact) mass is 232 g/mol. The lowest BCUT2D eigenvalue weighted by Crippen LogP contribution is -1.98. The molecule has 0 aliphatic heterocycles. The van der Waals surface area contributed by atoms with Crippen LogP contribution in [-0.2, 0) is 0 Å². The normalized spacial score (nSPS) is 9.67. The second kappa shape index (κ2) is 3.71. The van der Waals surface area contributed by atoms with E-state index in [0.29, 0.717) is 16.5 Å². The maximum absolute atomic E-state index is 5.01. The van der Waals surface area contributed by atoms with Gasteiger partial charge in [0.05, 0.1) is 19.8 Å². The van der Waals surface area contributed by atoms with Crippen molar-refractivity contribution in [1.29, 1.82) is 0 Å².